The van der Waals surface area contributed by atoms with Crippen molar-refractivity contribution in [1.29, 1.82) is 5.26 Å². The highest BCUT2D eigenvalue weighted by atomic mass is 32.2. The first-order valence-electron chi connectivity index (χ1n) is 8.13. The number of ether oxygens (including phenoxy) is 1. The quantitative estimate of drug-likeness (QED) is 0.648. The minimum atomic E-state index is -0.0550. The van der Waals surface area contributed by atoms with E-state index in [2.05, 4.69) is 11.1 Å². The van der Waals surface area contributed by atoms with Gasteiger partial charge in [0, 0.05) is 12.3 Å². The van der Waals surface area contributed by atoms with Crippen LogP contribution in [0.15, 0.2) is 59.9 Å². The molecule has 0 fully saturated rings. The predicted molar refractivity (Wildman–Crippen MR) is 101 cm³/mol. The first-order valence-corrected chi connectivity index (χ1v) is 9.12. The van der Waals surface area contributed by atoms with Gasteiger partial charge in [0.05, 0.1) is 37.2 Å². The van der Waals surface area contributed by atoms with Gasteiger partial charge in [-0.1, -0.05) is 36.0 Å². The summed E-state index contributed by atoms with van der Waals surface area (Å²) < 4.78 is 7.22. The lowest BCUT2D eigenvalue weighted by Gasteiger charge is -2.11. The average Bonchev–Trinajstić information content (AvgIpc) is 3.09. The number of nitrogens with zero attached hydrogens (tertiary/aromatic N) is 3. The predicted octanol–water partition coefficient (Wildman–Crippen LogP) is 3.60. The zero-order chi connectivity index (χ0) is 18.4. The third-order valence-corrected chi connectivity index (χ3v) is 5.08. The van der Waals surface area contributed by atoms with Crippen molar-refractivity contribution in [1.82, 2.24) is 9.55 Å². The van der Waals surface area contributed by atoms with Gasteiger partial charge in [-0.05, 0) is 35.4 Å². The van der Waals surface area contributed by atoms with Gasteiger partial charge in [-0.25, -0.2) is 4.98 Å². The van der Waals surface area contributed by atoms with Gasteiger partial charge < -0.3 is 14.4 Å². The van der Waals surface area contributed by atoms with Crippen LogP contribution in [0.25, 0.3) is 0 Å². The van der Waals surface area contributed by atoms with Crippen molar-refractivity contribution in [2.24, 2.45) is 0 Å². The number of nitriles is 1. The molecule has 0 atom stereocenters. The fraction of sp³-hybridized carbons (Fsp3) is 0.200. The van der Waals surface area contributed by atoms with Crippen molar-refractivity contribution in [2.75, 3.05) is 7.11 Å². The number of methoxy groups -OCH3 is 1. The van der Waals surface area contributed by atoms with E-state index in [4.69, 9.17) is 10.00 Å². The number of aliphatic hydroxyl groups excluding tert-OH is 1. The third kappa shape index (κ3) is 4.26. The van der Waals surface area contributed by atoms with Crippen molar-refractivity contribution in [3.8, 4) is 11.8 Å². The smallest absolute Gasteiger partial charge is 0.168 e. The third-order valence-electron chi connectivity index (χ3n) is 4.01. The molecule has 5 nitrogen and oxygen atoms in total. The van der Waals surface area contributed by atoms with Gasteiger partial charge in [-0.15, -0.1) is 0 Å². The molecule has 0 aliphatic carbocycles. The standard InChI is InChI=1S/C20H19N3O2S/c1-25-19-8-6-16(7-9-19)12-23-18(13-24)11-22-20(23)26-14-17-4-2-15(10-21)3-5-17/h2-9,11,24H,12-14H2,1H3. The summed E-state index contributed by atoms with van der Waals surface area (Å²) in [6, 6.07) is 17.5. The Labute approximate surface area is 156 Å². The van der Waals surface area contributed by atoms with Crippen molar-refractivity contribution in [3.05, 3.63) is 77.1 Å². The fourth-order valence-corrected chi connectivity index (χ4v) is 3.49. The van der Waals surface area contributed by atoms with E-state index < -0.39 is 0 Å². The Morgan fingerprint density at radius 2 is 1.81 bits per heavy atom. The van der Waals surface area contributed by atoms with Crippen LogP contribution >= 0.6 is 11.8 Å². The monoisotopic (exact) mass is 365 g/mol. The summed E-state index contributed by atoms with van der Waals surface area (Å²) in [5, 5.41) is 19.3. The maximum absolute atomic E-state index is 9.61. The summed E-state index contributed by atoms with van der Waals surface area (Å²) in [6.45, 7) is 0.580. The van der Waals surface area contributed by atoms with E-state index >= 15 is 0 Å². The Morgan fingerprint density at radius 3 is 2.42 bits per heavy atom. The summed E-state index contributed by atoms with van der Waals surface area (Å²) in [5.41, 5.74) is 3.67. The van der Waals surface area contributed by atoms with Gasteiger partial charge in [-0.2, -0.15) is 5.26 Å². The second-order valence-corrected chi connectivity index (χ2v) is 6.66. The number of aliphatic hydroxyl groups is 1. The number of thioether (sulfide) groups is 1. The number of benzene rings is 2. The van der Waals surface area contributed by atoms with Crippen molar-refractivity contribution >= 4 is 11.8 Å². The number of hydrogen-bond acceptors (Lipinski definition) is 5. The van der Waals surface area contributed by atoms with Crippen molar-refractivity contribution < 1.29 is 9.84 Å². The van der Waals surface area contributed by atoms with Gasteiger partial charge in [0.15, 0.2) is 5.16 Å². The molecule has 6 heteroatoms. The van der Waals surface area contributed by atoms with E-state index in [0.717, 1.165) is 33.5 Å². The highest BCUT2D eigenvalue weighted by Crippen LogP contribution is 2.25. The largest absolute Gasteiger partial charge is 0.497 e. The van der Waals surface area contributed by atoms with Crippen LogP contribution in [0.3, 0.4) is 0 Å². The number of rotatable bonds is 7. The second-order valence-electron chi connectivity index (χ2n) is 5.72. The van der Waals surface area contributed by atoms with Crippen LogP contribution in [-0.2, 0) is 18.9 Å². The lowest BCUT2D eigenvalue weighted by atomic mass is 10.2. The van der Waals surface area contributed by atoms with Crippen LogP contribution in [0.2, 0.25) is 0 Å². The Kier molecular flexibility index (Phi) is 5.95. The van der Waals surface area contributed by atoms with E-state index in [1.807, 2.05) is 53.1 Å². The zero-order valence-electron chi connectivity index (χ0n) is 14.4. The Balaban J connectivity index is 1.74. The summed E-state index contributed by atoms with van der Waals surface area (Å²) in [4.78, 5) is 4.45. The van der Waals surface area contributed by atoms with Gasteiger partial charge in [0.2, 0.25) is 0 Å². The summed E-state index contributed by atoms with van der Waals surface area (Å²) in [5.74, 6) is 1.56. The van der Waals surface area contributed by atoms with E-state index in [-0.39, 0.29) is 6.61 Å². The van der Waals surface area contributed by atoms with E-state index in [1.54, 1.807) is 25.1 Å². The minimum absolute atomic E-state index is 0.0550. The molecule has 0 saturated carbocycles. The fourth-order valence-electron chi connectivity index (χ4n) is 2.54. The van der Waals surface area contributed by atoms with Crippen LogP contribution < -0.4 is 4.74 Å². The molecule has 2 aromatic carbocycles. The molecular weight excluding hydrogens is 346 g/mol. The molecule has 0 spiro atoms. The number of hydrogen-bond donors (Lipinski definition) is 1. The molecular formula is C20H19N3O2S. The van der Waals surface area contributed by atoms with E-state index in [9.17, 15) is 5.11 Å². The summed E-state index contributed by atoms with van der Waals surface area (Å²) >= 11 is 1.61. The lowest BCUT2D eigenvalue weighted by Crippen LogP contribution is -2.06. The van der Waals surface area contributed by atoms with Crippen molar-refractivity contribution in [2.45, 2.75) is 24.1 Å². The molecule has 0 saturated heterocycles. The van der Waals surface area contributed by atoms with Crippen LogP contribution in [0.4, 0.5) is 0 Å². The number of imidazole rings is 1. The average molecular weight is 365 g/mol. The van der Waals surface area contributed by atoms with Gasteiger partial charge in [0.1, 0.15) is 5.75 Å². The molecule has 0 aliphatic rings. The maximum Gasteiger partial charge on any atom is 0.168 e. The van der Waals surface area contributed by atoms with Gasteiger partial charge in [-0.3, -0.25) is 0 Å². The molecule has 132 valence electrons. The van der Waals surface area contributed by atoms with Gasteiger partial charge >= 0.3 is 0 Å². The molecule has 1 heterocycles. The van der Waals surface area contributed by atoms with E-state index in [1.165, 1.54) is 0 Å². The minimum Gasteiger partial charge on any atom is -0.497 e. The summed E-state index contributed by atoms with van der Waals surface area (Å²) in [6.07, 6.45) is 1.71. The van der Waals surface area contributed by atoms with Crippen LogP contribution in [0.5, 0.6) is 5.75 Å². The second kappa shape index (κ2) is 8.56. The number of aromatic nitrogens is 2. The Hall–Kier alpha value is -2.75. The molecule has 1 N–H and O–H groups in total. The molecule has 0 radical (unpaired) electrons. The summed E-state index contributed by atoms with van der Waals surface area (Å²) in [7, 11) is 1.65. The Bertz CT molecular complexity index is 896. The Morgan fingerprint density at radius 1 is 1.12 bits per heavy atom. The molecule has 0 bridgehead atoms. The molecule has 0 amide bonds. The molecule has 26 heavy (non-hydrogen) atoms. The highest BCUT2D eigenvalue weighted by molar-refractivity contribution is 7.98. The van der Waals surface area contributed by atoms with Crippen LogP contribution in [-0.4, -0.2) is 21.8 Å². The topological polar surface area (TPSA) is 71.1 Å². The lowest BCUT2D eigenvalue weighted by molar-refractivity contribution is 0.270. The van der Waals surface area contributed by atoms with Crippen LogP contribution in [0, 0.1) is 11.3 Å². The van der Waals surface area contributed by atoms with Crippen molar-refractivity contribution in [3.63, 3.8) is 0 Å². The first-order chi connectivity index (χ1) is 12.7. The normalized spacial score (nSPS) is 10.5. The molecule has 1 aromatic heterocycles. The SMILES string of the molecule is COc1ccc(Cn2c(CO)cnc2SCc2ccc(C#N)cc2)cc1. The molecule has 0 aliphatic heterocycles. The van der Waals surface area contributed by atoms with Crippen LogP contribution in [0.1, 0.15) is 22.4 Å². The zero-order valence-corrected chi connectivity index (χ0v) is 15.2. The first kappa shape index (κ1) is 18.1. The highest BCUT2D eigenvalue weighted by Gasteiger charge is 2.11. The maximum atomic E-state index is 9.61. The molecule has 3 rings (SSSR count). The molecule has 3 aromatic rings. The molecule has 0 unspecified atom stereocenters. The van der Waals surface area contributed by atoms with Gasteiger partial charge in [0.25, 0.3) is 0 Å². The van der Waals surface area contributed by atoms with E-state index in [0.29, 0.717) is 12.1 Å².